The number of nitrogens with zero attached hydrogens (tertiary/aromatic N) is 3. The van der Waals surface area contributed by atoms with Gasteiger partial charge in [-0.3, -0.25) is 14.9 Å². The number of hydrogen-bond acceptors (Lipinski definition) is 5. The van der Waals surface area contributed by atoms with E-state index in [0.717, 1.165) is 0 Å². The zero-order valence-corrected chi connectivity index (χ0v) is 17.2. The van der Waals surface area contributed by atoms with Gasteiger partial charge in [0.2, 0.25) is 5.91 Å². The maximum atomic E-state index is 12.5. The van der Waals surface area contributed by atoms with Crippen LogP contribution in [0.3, 0.4) is 0 Å². The number of nitro benzene ring substituents is 1. The zero-order chi connectivity index (χ0) is 21.0. The van der Waals surface area contributed by atoms with Gasteiger partial charge in [-0.1, -0.05) is 29.3 Å². The van der Waals surface area contributed by atoms with E-state index < -0.39 is 4.92 Å². The van der Waals surface area contributed by atoms with Crippen molar-refractivity contribution in [2.75, 3.05) is 38.2 Å². The summed E-state index contributed by atoms with van der Waals surface area (Å²) in [5.41, 5.74) is 1.21. The molecule has 0 spiro atoms. The molecule has 0 bridgehead atoms. The van der Waals surface area contributed by atoms with Crippen LogP contribution in [0.4, 0.5) is 11.4 Å². The number of nitro groups is 1. The Hall–Kier alpha value is -2.77. The van der Waals surface area contributed by atoms with Crippen LogP contribution in [0.25, 0.3) is 6.08 Å². The van der Waals surface area contributed by atoms with E-state index in [4.69, 9.17) is 27.9 Å². The maximum Gasteiger partial charge on any atom is 0.296 e. The third-order valence-corrected chi connectivity index (χ3v) is 5.24. The van der Waals surface area contributed by atoms with E-state index in [0.29, 0.717) is 53.2 Å². The first kappa shape index (κ1) is 21.0. The van der Waals surface area contributed by atoms with Crippen LogP contribution in [-0.2, 0) is 4.79 Å². The monoisotopic (exact) mass is 435 g/mol. The smallest absolute Gasteiger partial charge is 0.296 e. The first-order valence-corrected chi connectivity index (χ1v) is 9.64. The molecule has 0 unspecified atom stereocenters. The predicted octanol–water partition coefficient (Wildman–Crippen LogP) is 4.27. The summed E-state index contributed by atoms with van der Waals surface area (Å²) in [5, 5.41) is 12.4. The van der Waals surface area contributed by atoms with Crippen molar-refractivity contribution in [2.45, 2.75) is 0 Å². The minimum absolute atomic E-state index is 0.0126. The van der Waals surface area contributed by atoms with E-state index in [1.807, 2.05) is 4.90 Å². The Morgan fingerprint density at radius 2 is 1.86 bits per heavy atom. The third kappa shape index (κ3) is 4.99. The summed E-state index contributed by atoms with van der Waals surface area (Å²) in [6, 6.07) is 9.85. The fourth-order valence-electron chi connectivity index (χ4n) is 3.11. The standard InChI is InChI=1S/C20H19Cl2N3O4/c1-29-16-5-6-18(19(13-16)25(27)28)23-8-10-24(11-9-23)20(26)7-3-14-2-4-15(21)12-17(14)22/h2-7,12-13H,8-11H2,1H3. The van der Waals surface area contributed by atoms with Crippen LogP contribution in [0, 0.1) is 10.1 Å². The maximum absolute atomic E-state index is 12.5. The lowest BCUT2D eigenvalue weighted by Gasteiger charge is -2.35. The molecule has 3 rings (SSSR count). The molecular weight excluding hydrogens is 417 g/mol. The van der Waals surface area contributed by atoms with E-state index in [9.17, 15) is 14.9 Å². The van der Waals surface area contributed by atoms with Crippen molar-refractivity contribution < 1.29 is 14.5 Å². The average molecular weight is 436 g/mol. The number of carbonyl (C=O) groups is 1. The van der Waals surface area contributed by atoms with Gasteiger partial charge < -0.3 is 14.5 Å². The highest BCUT2D eigenvalue weighted by Gasteiger charge is 2.25. The molecule has 29 heavy (non-hydrogen) atoms. The van der Waals surface area contributed by atoms with E-state index in [2.05, 4.69) is 0 Å². The lowest BCUT2D eigenvalue weighted by Crippen LogP contribution is -2.48. The largest absolute Gasteiger partial charge is 0.496 e. The van der Waals surface area contributed by atoms with Gasteiger partial charge in [-0.15, -0.1) is 0 Å². The summed E-state index contributed by atoms with van der Waals surface area (Å²) in [6.45, 7) is 1.91. The number of carbonyl (C=O) groups excluding carboxylic acids is 1. The number of amides is 1. The van der Waals surface area contributed by atoms with Gasteiger partial charge in [-0.25, -0.2) is 0 Å². The van der Waals surface area contributed by atoms with Crippen LogP contribution < -0.4 is 9.64 Å². The molecule has 0 aromatic heterocycles. The summed E-state index contributed by atoms with van der Waals surface area (Å²) in [7, 11) is 1.47. The average Bonchev–Trinajstić information content (AvgIpc) is 2.72. The fourth-order valence-corrected chi connectivity index (χ4v) is 3.59. The first-order valence-electron chi connectivity index (χ1n) is 8.88. The molecular formula is C20H19Cl2N3O4. The van der Waals surface area contributed by atoms with Gasteiger partial charge in [0.25, 0.3) is 5.69 Å². The number of piperazine rings is 1. The molecule has 2 aromatic rings. The van der Waals surface area contributed by atoms with Crippen LogP contribution in [0.2, 0.25) is 10.0 Å². The molecule has 0 radical (unpaired) electrons. The normalized spacial score (nSPS) is 14.3. The zero-order valence-electron chi connectivity index (χ0n) is 15.7. The summed E-state index contributed by atoms with van der Waals surface area (Å²) < 4.78 is 5.07. The van der Waals surface area contributed by atoms with E-state index in [1.54, 1.807) is 41.3 Å². The molecule has 0 atom stereocenters. The van der Waals surface area contributed by atoms with Crippen LogP contribution in [0.15, 0.2) is 42.5 Å². The lowest BCUT2D eigenvalue weighted by molar-refractivity contribution is -0.384. The molecule has 1 saturated heterocycles. The molecule has 0 N–H and O–H groups in total. The molecule has 1 aliphatic heterocycles. The van der Waals surface area contributed by atoms with Crippen molar-refractivity contribution in [2.24, 2.45) is 0 Å². The second-order valence-corrected chi connectivity index (χ2v) is 7.27. The number of benzene rings is 2. The molecule has 1 amide bonds. The molecule has 1 aliphatic rings. The van der Waals surface area contributed by atoms with E-state index in [1.165, 1.54) is 19.3 Å². The molecule has 0 saturated carbocycles. The Labute approximate surface area is 178 Å². The van der Waals surface area contributed by atoms with Gasteiger partial charge in [0.05, 0.1) is 18.1 Å². The molecule has 152 valence electrons. The summed E-state index contributed by atoms with van der Waals surface area (Å²) >= 11 is 12.0. The number of anilines is 1. The van der Waals surface area contributed by atoms with Crippen LogP contribution in [-0.4, -0.2) is 49.0 Å². The molecule has 1 fully saturated rings. The molecule has 7 nitrogen and oxygen atoms in total. The van der Waals surface area contributed by atoms with E-state index in [-0.39, 0.29) is 11.6 Å². The Kier molecular flexibility index (Phi) is 6.61. The highest BCUT2D eigenvalue weighted by atomic mass is 35.5. The second kappa shape index (κ2) is 9.15. The van der Waals surface area contributed by atoms with Crippen molar-refractivity contribution in [1.82, 2.24) is 4.90 Å². The molecule has 9 heteroatoms. The van der Waals surface area contributed by atoms with Gasteiger partial charge in [0.15, 0.2) is 0 Å². The highest BCUT2D eigenvalue weighted by Crippen LogP contribution is 2.32. The SMILES string of the molecule is COc1ccc(N2CCN(C(=O)C=Cc3ccc(Cl)cc3Cl)CC2)c([N+](=O)[O-])c1. The lowest BCUT2D eigenvalue weighted by atomic mass is 10.2. The van der Waals surface area contributed by atoms with Crippen LogP contribution in [0.5, 0.6) is 5.75 Å². The van der Waals surface area contributed by atoms with Crippen molar-refractivity contribution in [3.8, 4) is 5.75 Å². The number of hydrogen-bond donors (Lipinski definition) is 0. The second-order valence-electron chi connectivity index (χ2n) is 6.42. The number of halogens is 2. The van der Waals surface area contributed by atoms with Gasteiger partial charge in [-0.05, 0) is 35.9 Å². The molecule has 0 aliphatic carbocycles. The van der Waals surface area contributed by atoms with Gasteiger partial charge >= 0.3 is 0 Å². The van der Waals surface area contributed by atoms with Gasteiger partial charge in [0, 0.05) is 42.3 Å². The summed E-state index contributed by atoms with van der Waals surface area (Å²) in [4.78, 5) is 27.1. The van der Waals surface area contributed by atoms with Crippen LogP contribution >= 0.6 is 23.2 Å². The van der Waals surface area contributed by atoms with E-state index >= 15 is 0 Å². The Morgan fingerprint density at radius 3 is 2.48 bits per heavy atom. The predicted molar refractivity (Wildman–Crippen MR) is 114 cm³/mol. The van der Waals surface area contributed by atoms with Crippen LogP contribution in [0.1, 0.15) is 5.56 Å². The van der Waals surface area contributed by atoms with Crippen molar-refractivity contribution in [3.05, 3.63) is 68.2 Å². The Morgan fingerprint density at radius 1 is 1.14 bits per heavy atom. The molecule has 1 heterocycles. The number of methoxy groups -OCH3 is 1. The quantitative estimate of drug-likeness (QED) is 0.398. The summed E-state index contributed by atoms with van der Waals surface area (Å²) in [5.74, 6) is 0.292. The third-order valence-electron chi connectivity index (χ3n) is 4.68. The van der Waals surface area contributed by atoms with Gasteiger partial charge in [-0.2, -0.15) is 0 Å². The topological polar surface area (TPSA) is 75.9 Å². The minimum atomic E-state index is -0.423. The molecule has 2 aromatic carbocycles. The number of rotatable bonds is 5. The minimum Gasteiger partial charge on any atom is -0.496 e. The van der Waals surface area contributed by atoms with Crippen molar-refractivity contribution >= 4 is 46.6 Å². The highest BCUT2D eigenvalue weighted by molar-refractivity contribution is 6.35. The Balaban J connectivity index is 1.65. The fraction of sp³-hybridized carbons (Fsp3) is 0.250. The Bertz CT molecular complexity index is 957. The number of ether oxygens (including phenoxy) is 1. The first-order chi connectivity index (χ1) is 13.9. The summed E-state index contributed by atoms with van der Waals surface area (Å²) in [6.07, 6.45) is 3.13. The van der Waals surface area contributed by atoms with Crippen molar-refractivity contribution in [3.63, 3.8) is 0 Å². The van der Waals surface area contributed by atoms with Gasteiger partial charge in [0.1, 0.15) is 11.4 Å². The van der Waals surface area contributed by atoms with Crippen molar-refractivity contribution in [1.29, 1.82) is 0 Å².